The van der Waals surface area contributed by atoms with Crippen LogP contribution in [0.3, 0.4) is 0 Å². The van der Waals surface area contributed by atoms with Crippen LogP contribution in [0.5, 0.6) is 0 Å². The summed E-state index contributed by atoms with van der Waals surface area (Å²) in [5.41, 5.74) is 1.35. The summed E-state index contributed by atoms with van der Waals surface area (Å²) >= 11 is 1.42. The standard InChI is InChI=1S/C18H18FN5OS/c1-12(18(25)23-8-2-3-9-23)26-17-15-10-22-24(16(15)20-11-21-17)14-6-4-13(19)5-7-14/h4-7,10-12H,2-3,8-9H2,1H3. The third-order valence-corrected chi connectivity index (χ3v) is 5.56. The molecule has 1 aliphatic heterocycles. The lowest BCUT2D eigenvalue weighted by molar-refractivity contribution is -0.129. The van der Waals surface area contributed by atoms with Crippen molar-refractivity contribution in [3.63, 3.8) is 0 Å². The van der Waals surface area contributed by atoms with Gasteiger partial charge < -0.3 is 4.90 Å². The molecule has 134 valence electrons. The van der Waals surface area contributed by atoms with Crippen molar-refractivity contribution in [3.8, 4) is 5.69 Å². The van der Waals surface area contributed by atoms with E-state index in [0.29, 0.717) is 5.65 Å². The summed E-state index contributed by atoms with van der Waals surface area (Å²) in [5, 5.41) is 5.65. The monoisotopic (exact) mass is 371 g/mol. The van der Waals surface area contributed by atoms with Crippen molar-refractivity contribution in [1.82, 2.24) is 24.6 Å². The van der Waals surface area contributed by atoms with E-state index in [2.05, 4.69) is 15.1 Å². The normalized spacial score (nSPS) is 15.5. The van der Waals surface area contributed by atoms with Gasteiger partial charge in [-0.1, -0.05) is 11.8 Å². The maximum atomic E-state index is 13.2. The van der Waals surface area contributed by atoms with E-state index in [0.717, 1.165) is 42.0 Å². The molecule has 1 amide bonds. The number of carbonyl (C=O) groups excluding carboxylic acids is 1. The second-order valence-electron chi connectivity index (χ2n) is 6.24. The number of fused-ring (bicyclic) bond motifs is 1. The van der Waals surface area contributed by atoms with Gasteiger partial charge in [0.2, 0.25) is 5.91 Å². The number of hydrogen-bond acceptors (Lipinski definition) is 5. The van der Waals surface area contributed by atoms with Crippen molar-refractivity contribution in [2.24, 2.45) is 0 Å². The van der Waals surface area contributed by atoms with Crippen LogP contribution >= 0.6 is 11.8 Å². The number of carbonyl (C=O) groups is 1. The molecule has 3 heterocycles. The number of benzene rings is 1. The molecule has 1 aromatic carbocycles. The summed E-state index contributed by atoms with van der Waals surface area (Å²) in [6.45, 7) is 3.58. The first kappa shape index (κ1) is 17.0. The molecular weight excluding hydrogens is 353 g/mol. The smallest absolute Gasteiger partial charge is 0.235 e. The molecule has 0 saturated carbocycles. The maximum Gasteiger partial charge on any atom is 0.235 e. The number of halogens is 1. The zero-order chi connectivity index (χ0) is 18.1. The van der Waals surface area contributed by atoms with Gasteiger partial charge in [0.25, 0.3) is 0 Å². The molecule has 8 heteroatoms. The molecule has 0 N–H and O–H groups in total. The Balaban J connectivity index is 1.62. The average molecular weight is 371 g/mol. The van der Waals surface area contributed by atoms with Gasteiger partial charge in [0, 0.05) is 13.1 Å². The summed E-state index contributed by atoms with van der Waals surface area (Å²) in [5.74, 6) is -0.157. The molecular formula is C18H18FN5OS. The lowest BCUT2D eigenvalue weighted by Gasteiger charge is -2.19. The first-order valence-electron chi connectivity index (χ1n) is 8.53. The first-order chi connectivity index (χ1) is 12.6. The Morgan fingerprint density at radius 1 is 1.19 bits per heavy atom. The summed E-state index contributed by atoms with van der Waals surface area (Å²) in [6.07, 6.45) is 5.31. The zero-order valence-electron chi connectivity index (χ0n) is 14.3. The summed E-state index contributed by atoms with van der Waals surface area (Å²) in [6, 6.07) is 6.07. The predicted molar refractivity (Wildman–Crippen MR) is 97.8 cm³/mol. The highest BCUT2D eigenvalue weighted by Crippen LogP contribution is 2.30. The van der Waals surface area contributed by atoms with Crippen molar-refractivity contribution in [2.75, 3.05) is 13.1 Å². The number of hydrogen-bond donors (Lipinski definition) is 0. The van der Waals surface area contributed by atoms with Gasteiger partial charge in [0.05, 0.1) is 22.5 Å². The molecule has 1 atom stereocenters. The van der Waals surface area contributed by atoms with Crippen molar-refractivity contribution in [2.45, 2.75) is 30.0 Å². The number of amides is 1. The molecule has 1 unspecified atom stereocenters. The molecule has 0 spiro atoms. The average Bonchev–Trinajstić information content (AvgIpc) is 3.32. The number of thioether (sulfide) groups is 1. The quantitative estimate of drug-likeness (QED) is 0.521. The molecule has 26 heavy (non-hydrogen) atoms. The summed E-state index contributed by atoms with van der Waals surface area (Å²) < 4.78 is 14.8. The Bertz CT molecular complexity index is 936. The van der Waals surface area contributed by atoms with Gasteiger partial charge in [-0.15, -0.1) is 0 Å². The molecule has 0 radical (unpaired) electrons. The third-order valence-electron chi connectivity index (χ3n) is 4.45. The zero-order valence-corrected chi connectivity index (χ0v) is 15.1. The fourth-order valence-electron chi connectivity index (χ4n) is 3.10. The minimum absolute atomic E-state index is 0.144. The SMILES string of the molecule is CC(Sc1ncnc2c1cnn2-c1ccc(F)cc1)C(=O)N1CCCC1. The van der Waals surface area contributed by atoms with Crippen LogP contribution in [0.4, 0.5) is 4.39 Å². The van der Waals surface area contributed by atoms with Gasteiger partial charge in [0.1, 0.15) is 17.2 Å². The van der Waals surface area contributed by atoms with Gasteiger partial charge in [-0.2, -0.15) is 5.10 Å². The van der Waals surface area contributed by atoms with Gasteiger partial charge in [-0.25, -0.2) is 19.0 Å². The van der Waals surface area contributed by atoms with Gasteiger partial charge in [-0.3, -0.25) is 4.79 Å². The minimum Gasteiger partial charge on any atom is -0.342 e. The largest absolute Gasteiger partial charge is 0.342 e. The molecule has 1 aliphatic rings. The maximum absolute atomic E-state index is 13.2. The van der Waals surface area contributed by atoms with Gasteiger partial charge in [-0.05, 0) is 44.0 Å². The van der Waals surface area contributed by atoms with Crippen molar-refractivity contribution >= 4 is 28.7 Å². The first-order valence-corrected chi connectivity index (χ1v) is 9.41. The Labute approximate surface area is 154 Å². The Kier molecular flexibility index (Phi) is 4.58. The van der Waals surface area contributed by atoms with E-state index in [1.54, 1.807) is 23.0 Å². The van der Waals surface area contributed by atoms with Gasteiger partial charge in [0.15, 0.2) is 5.65 Å². The molecule has 6 nitrogen and oxygen atoms in total. The predicted octanol–water partition coefficient (Wildman–Crippen LogP) is 3.06. The highest BCUT2D eigenvalue weighted by atomic mass is 32.2. The minimum atomic E-state index is -0.301. The van der Waals surface area contributed by atoms with Gasteiger partial charge >= 0.3 is 0 Å². The lowest BCUT2D eigenvalue weighted by atomic mass is 10.3. The van der Waals surface area contributed by atoms with Crippen molar-refractivity contribution < 1.29 is 9.18 Å². The summed E-state index contributed by atoms with van der Waals surface area (Å²) in [7, 11) is 0. The third kappa shape index (κ3) is 3.16. The number of rotatable bonds is 4. The highest BCUT2D eigenvalue weighted by molar-refractivity contribution is 8.00. The van der Waals surface area contributed by atoms with Crippen LogP contribution in [-0.4, -0.2) is 48.9 Å². The van der Waals surface area contributed by atoms with Crippen LogP contribution in [0.1, 0.15) is 19.8 Å². The second-order valence-corrected chi connectivity index (χ2v) is 7.57. The molecule has 1 fully saturated rings. The molecule has 0 aliphatic carbocycles. The van der Waals surface area contributed by atoms with Crippen LogP contribution < -0.4 is 0 Å². The Hall–Kier alpha value is -2.48. The molecule has 3 aromatic rings. The fraction of sp³-hybridized carbons (Fsp3) is 0.333. The van der Waals surface area contributed by atoms with E-state index in [4.69, 9.17) is 0 Å². The number of likely N-dealkylation sites (tertiary alicyclic amines) is 1. The number of aromatic nitrogens is 4. The lowest BCUT2D eigenvalue weighted by Crippen LogP contribution is -2.34. The van der Waals surface area contributed by atoms with E-state index in [1.165, 1.54) is 30.2 Å². The van der Waals surface area contributed by atoms with E-state index in [9.17, 15) is 9.18 Å². The van der Waals surface area contributed by atoms with Crippen molar-refractivity contribution in [1.29, 1.82) is 0 Å². The van der Waals surface area contributed by atoms with E-state index in [1.807, 2.05) is 11.8 Å². The van der Waals surface area contributed by atoms with Crippen LogP contribution in [0.15, 0.2) is 41.8 Å². The molecule has 1 saturated heterocycles. The molecule has 0 bridgehead atoms. The Morgan fingerprint density at radius 2 is 1.92 bits per heavy atom. The van der Waals surface area contributed by atoms with Crippen molar-refractivity contribution in [3.05, 3.63) is 42.6 Å². The van der Waals surface area contributed by atoms with Crippen LogP contribution in [0.25, 0.3) is 16.7 Å². The summed E-state index contributed by atoms with van der Waals surface area (Å²) in [4.78, 5) is 23.1. The number of nitrogens with zero attached hydrogens (tertiary/aromatic N) is 5. The molecule has 4 rings (SSSR count). The van der Waals surface area contributed by atoms with Crippen LogP contribution in [-0.2, 0) is 4.79 Å². The molecule has 2 aromatic heterocycles. The second kappa shape index (κ2) is 7.03. The van der Waals surface area contributed by atoms with Crippen LogP contribution in [0, 0.1) is 5.82 Å². The Morgan fingerprint density at radius 3 is 2.65 bits per heavy atom. The van der Waals surface area contributed by atoms with E-state index >= 15 is 0 Å². The van der Waals surface area contributed by atoms with Crippen LogP contribution in [0.2, 0.25) is 0 Å². The fourth-order valence-corrected chi connectivity index (χ4v) is 4.06. The highest BCUT2D eigenvalue weighted by Gasteiger charge is 2.25. The van der Waals surface area contributed by atoms with E-state index < -0.39 is 0 Å². The van der Waals surface area contributed by atoms with E-state index in [-0.39, 0.29) is 17.0 Å². The topological polar surface area (TPSA) is 63.9 Å².